The SMILES string of the molecule is CC(C)(C)CS(=O)(=O)NC1(CC(=O)O)CCCC1. The van der Waals surface area contributed by atoms with Crippen LogP contribution in [0, 0.1) is 5.41 Å². The summed E-state index contributed by atoms with van der Waals surface area (Å²) in [4.78, 5) is 10.9. The molecule has 0 amide bonds. The number of carboxylic acid groups (broad SMARTS) is 1. The second-order valence-corrected chi connectivity index (χ2v) is 8.20. The lowest BCUT2D eigenvalue weighted by atomic mass is 9.95. The lowest BCUT2D eigenvalue weighted by Gasteiger charge is -2.30. The molecule has 1 aliphatic rings. The van der Waals surface area contributed by atoms with Gasteiger partial charge in [-0.2, -0.15) is 0 Å². The monoisotopic (exact) mass is 277 g/mol. The van der Waals surface area contributed by atoms with Gasteiger partial charge in [0, 0.05) is 5.54 Å². The fourth-order valence-electron chi connectivity index (χ4n) is 2.59. The molecule has 1 saturated carbocycles. The van der Waals surface area contributed by atoms with E-state index in [9.17, 15) is 13.2 Å². The summed E-state index contributed by atoms with van der Waals surface area (Å²) < 4.78 is 26.8. The van der Waals surface area contributed by atoms with Crippen LogP contribution >= 0.6 is 0 Å². The molecule has 0 saturated heterocycles. The Balaban J connectivity index is 2.81. The van der Waals surface area contributed by atoms with E-state index < -0.39 is 21.5 Å². The maximum absolute atomic E-state index is 12.1. The van der Waals surface area contributed by atoms with Crippen LogP contribution in [0.5, 0.6) is 0 Å². The van der Waals surface area contributed by atoms with Gasteiger partial charge in [-0.25, -0.2) is 13.1 Å². The van der Waals surface area contributed by atoms with Gasteiger partial charge in [0.1, 0.15) is 0 Å². The molecular weight excluding hydrogens is 254 g/mol. The Hall–Kier alpha value is -0.620. The third-order valence-corrected chi connectivity index (χ3v) is 5.04. The molecule has 1 aliphatic carbocycles. The van der Waals surface area contributed by atoms with Crippen LogP contribution in [-0.2, 0) is 14.8 Å². The molecule has 0 heterocycles. The minimum absolute atomic E-state index is 0.0152. The molecule has 0 atom stereocenters. The molecule has 0 aromatic carbocycles. The summed E-state index contributed by atoms with van der Waals surface area (Å²) >= 11 is 0. The van der Waals surface area contributed by atoms with E-state index in [1.165, 1.54) is 0 Å². The van der Waals surface area contributed by atoms with Gasteiger partial charge in [-0.1, -0.05) is 33.6 Å². The first-order chi connectivity index (χ1) is 8.04. The number of nitrogens with one attached hydrogen (secondary N) is 1. The zero-order chi connectivity index (χ0) is 14.0. The summed E-state index contributed by atoms with van der Waals surface area (Å²) in [6.07, 6.45) is 2.86. The minimum Gasteiger partial charge on any atom is -0.481 e. The molecule has 0 spiro atoms. The van der Waals surface area contributed by atoms with E-state index in [1.807, 2.05) is 20.8 Å². The number of hydrogen-bond acceptors (Lipinski definition) is 3. The van der Waals surface area contributed by atoms with Crippen LogP contribution in [-0.4, -0.2) is 30.8 Å². The van der Waals surface area contributed by atoms with Gasteiger partial charge < -0.3 is 5.11 Å². The van der Waals surface area contributed by atoms with Crippen molar-refractivity contribution in [3.05, 3.63) is 0 Å². The summed E-state index contributed by atoms with van der Waals surface area (Å²) in [5, 5.41) is 8.93. The van der Waals surface area contributed by atoms with Crippen molar-refractivity contribution in [2.24, 2.45) is 5.41 Å². The van der Waals surface area contributed by atoms with Crippen LogP contribution in [0.25, 0.3) is 0 Å². The van der Waals surface area contributed by atoms with E-state index in [-0.39, 0.29) is 17.6 Å². The molecule has 5 nitrogen and oxygen atoms in total. The highest BCUT2D eigenvalue weighted by Gasteiger charge is 2.40. The van der Waals surface area contributed by atoms with Gasteiger partial charge in [0.25, 0.3) is 0 Å². The lowest BCUT2D eigenvalue weighted by molar-refractivity contribution is -0.138. The number of carbonyl (C=O) groups is 1. The molecule has 1 rings (SSSR count). The maximum atomic E-state index is 12.1. The van der Waals surface area contributed by atoms with E-state index in [1.54, 1.807) is 0 Å². The number of hydrogen-bond donors (Lipinski definition) is 2. The van der Waals surface area contributed by atoms with E-state index in [4.69, 9.17) is 5.11 Å². The largest absolute Gasteiger partial charge is 0.481 e. The van der Waals surface area contributed by atoms with Crippen molar-refractivity contribution in [2.75, 3.05) is 5.75 Å². The zero-order valence-corrected chi connectivity index (χ0v) is 12.1. The van der Waals surface area contributed by atoms with Gasteiger partial charge in [-0.3, -0.25) is 4.79 Å². The molecule has 1 fully saturated rings. The lowest BCUT2D eigenvalue weighted by Crippen LogP contribution is -2.49. The zero-order valence-electron chi connectivity index (χ0n) is 11.3. The van der Waals surface area contributed by atoms with Gasteiger partial charge >= 0.3 is 5.97 Å². The smallest absolute Gasteiger partial charge is 0.305 e. The van der Waals surface area contributed by atoms with Crippen LogP contribution < -0.4 is 4.72 Å². The Bertz CT molecular complexity index is 402. The van der Waals surface area contributed by atoms with Crippen molar-refractivity contribution >= 4 is 16.0 Å². The first-order valence-electron chi connectivity index (χ1n) is 6.27. The van der Waals surface area contributed by atoms with Crippen molar-refractivity contribution in [1.29, 1.82) is 0 Å². The Morgan fingerprint density at radius 3 is 2.17 bits per heavy atom. The van der Waals surface area contributed by atoms with E-state index in [2.05, 4.69) is 4.72 Å². The van der Waals surface area contributed by atoms with Gasteiger partial charge in [0.15, 0.2) is 0 Å². The summed E-state index contributed by atoms with van der Waals surface area (Å²) in [5.41, 5.74) is -1.11. The molecule has 0 unspecified atom stereocenters. The number of sulfonamides is 1. The first-order valence-corrected chi connectivity index (χ1v) is 7.92. The average Bonchev–Trinajstić information content (AvgIpc) is 2.44. The molecule has 0 bridgehead atoms. The molecule has 0 aromatic rings. The topological polar surface area (TPSA) is 83.5 Å². The highest BCUT2D eigenvalue weighted by atomic mass is 32.2. The van der Waals surface area contributed by atoms with E-state index in [0.29, 0.717) is 12.8 Å². The van der Waals surface area contributed by atoms with E-state index >= 15 is 0 Å². The van der Waals surface area contributed by atoms with Crippen LogP contribution in [0.2, 0.25) is 0 Å². The standard InChI is InChI=1S/C12H23NO4S/c1-11(2,3)9-18(16,17)13-12(8-10(14)15)6-4-5-7-12/h13H,4-9H2,1-3H3,(H,14,15). The van der Waals surface area contributed by atoms with Crippen LogP contribution in [0.1, 0.15) is 52.9 Å². The quantitative estimate of drug-likeness (QED) is 0.801. The second kappa shape index (κ2) is 5.17. The van der Waals surface area contributed by atoms with Gasteiger partial charge in [0.2, 0.25) is 10.0 Å². The third kappa shape index (κ3) is 4.94. The molecule has 106 valence electrons. The Morgan fingerprint density at radius 1 is 1.28 bits per heavy atom. The van der Waals surface area contributed by atoms with E-state index in [0.717, 1.165) is 12.8 Å². The minimum atomic E-state index is -3.44. The van der Waals surface area contributed by atoms with Crippen molar-refractivity contribution < 1.29 is 18.3 Å². The van der Waals surface area contributed by atoms with Crippen LogP contribution in [0.4, 0.5) is 0 Å². The summed E-state index contributed by atoms with van der Waals surface area (Å²) in [6, 6.07) is 0. The molecule has 6 heteroatoms. The third-order valence-electron chi connectivity index (χ3n) is 3.05. The number of carboxylic acids is 1. The van der Waals surface area contributed by atoms with Gasteiger partial charge in [-0.05, 0) is 18.3 Å². The molecular formula is C12H23NO4S. The fraction of sp³-hybridized carbons (Fsp3) is 0.917. The highest BCUT2D eigenvalue weighted by molar-refractivity contribution is 7.89. The van der Waals surface area contributed by atoms with Crippen LogP contribution in [0.3, 0.4) is 0 Å². The second-order valence-electron chi connectivity index (χ2n) is 6.48. The van der Waals surface area contributed by atoms with Gasteiger partial charge in [-0.15, -0.1) is 0 Å². The Labute approximate surface area is 109 Å². The predicted molar refractivity (Wildman–Crippen MR) is 69.8 cm³/mol. The van der Waals surface area contributed by atoms with Crippen LogP contribution in [0.15, 0.2) is 0 Å². The molecule has 18 heavy (non-hydrogen) atoms. The molecule has 0 aliphatic heterocycles. The maximum Gasteiger partial charge on any atom is 0.305 e. The summed E-state index contributed by atoms with van der Waals surface area (Å²) in [6.45, 7) is 5.56. The molecule has 0 radical (unpaired) electrons. The molecule has 0 aromatic heterocycles. The van der Waals surface area contributed by atoms with Crippen molar-refractivity contribution in [3.63, 3.8) is 0 Å². The fourth-order valence-corrected chi connectivity index (χ4v) is 4.74. The number of aliphatic carboxylic acids is 1. The van der Waals surface area contributed by atoms with Crippen molar-refractivity contribution in [1.82, 2.24) is 4.72 Å². The summed E-state index contributed by atoms with van der Waals surface area (Å²) in [7, 11) is -3.44. The average molecular weight is 277 g/mol. The summed E-state index contributed by atoms with van der Waals surface area (Å²) in [5.74, 6) is -0.933. The Kier molecular flexibility index (Phi) is 4.43. The van der Waals surface area contributed by atoms with Crippen molar-refractivity contribution in [3.8, 4) is 0 Å². The predicted octanol–water partition coefficient (Wildman–Crippen LogP) is 1.74. The number of rotatable bonds is 5. The normalized spacial score (nSPS) is 19.9. The van der Waals surface area contributed by atoms with Gasteiger partial charge in [0.05, 0.1) is 12.2 Å². The Morgan fingerprint density at radius 2 is 1.78 bits per heavy atom. The van der Waals surface area contributed by atoms with Crippen molar-refractivity contribution in [2.45, 2.75) is 58.4 Å². The first kappa shape index (κ1) is 15.4. The highest BCUT2D eigenvalue weighted by Crippen LogP contribution is 2.34. The molecule has 2 N–H and O–H groups in total.